The summed E-state index contributed by atoms with van der Waals surface area (Å²) in [5.41, 5.74) is 1.61. The van der Waals surface area contributed by atoms with Crippen molar-refractivity contribution in [2.24, 2.45) is 0 Å². The first-order valence-corrected chi connectivity index (χ1v) is 4.82. The van der Waals surface area contributed by atoms with Gasteiger partial charge in [-0.3, -0.25) is 4.79 Å². The highest BCUT2D eigenvalue weighted by Crippen LogP contribution is 2.38. The fraction of sp³-hybridized carbons (Fsp3) is 0.333. The van der Waals surface area contributed by atoms with Gasteiger partial charge in [0.05, 0.1) is 6.07 Å². The van der Waals surface area contributed by atoms with Crippen LogP contribution in [-0.2, 0) is 5.54 Å². The molecule has 0 saturated heterocycles. The number of aryl methyl sites for hydroxylation is 1. The highest BCUT2D eigenvalue weighted by atomic mass is 16.2. The van der Waals surface area contributed by atoms with Gasteiger partial charge in [0.1, 0.15) is 0 Å². The zero-order valence-corrected chi connectivity index (χ0v) is 9.03. The van der Waals surface area contributed by atoms with E-state index in [1.165, 1.54) is 4.90 Å². The van der Waals surface area contributed by atoms with Crippen LogP contribution < -0.4 is 0 Å². The SMILES string of the molecule is Cc1cccc2c1C(=O)N(C)C2(C)C#N. The summed E-state index contributed by atoms with van der Waals surface area (Å²) in [6.45, 7) is 3.67. The Morgan fingerprint density at radius 2 is 2.13 bits per heavy atom. The number of carbonyl (C=O) groups excluding carboxylic acids is 1. The first-order valence-electron chi connectivity index (χ1n) is 4.82. The van der Waals surface area contributed by atoms with Gasteiger partial charge in [0.25, 0.3) is 5.91 Å². The second-order valence-electron chi connectivity index (χ2n) is 4.05. The molecule has 1 amide bonds. The molecular weight excluding hydrogens is 188 g/mol. The predicted molar refractivity (Wildman–Crippen MR) is 56.2 cm³/mol. The van der Waals surface area contributed by atoms with Crippen molar-refractivity contribution in [2.75, 3.05) is 7.05 Å². The van der Waals surface area contributed by atoms with Gasteiger partial charge in [0, 0.05) is 18.2 Å². The molecule has 0 saturated carbocycles. The molecule has 3 nitrogen and oxygen atoms in total. The van der Waals surface area contributed by atoms with Gasteiger partial charge in [0.2, 0.25) is 0 Å². The van der Waals surface area contributed by atoms with E-state index in [4.69, 9.17) is 0 Å². The lowest BCUT2D eigenvalue weighted by Gasteiger charge is -2.25. The lowest BCUT2D eigenvalue weighted by molar-refractivity contribution is 0.0731. The molecule has 76 valence electrons. The second-order valence-corrected chi connectivity index (χ2v) is 4.05. The predicted octanol–water partition coefficient (Wildman–Crippen LogP) is 1.82. The molecule has 1 heterocycles. The van der Waals surface area contributed by atoms with E-state index >= 15 is 0 Å². The van der Waals surface area contributed by atoms with Gasteiger partial charge in [0.15, 0.2) is 5.54 Å². The Balaban J connectivity index is 2.79. The van der Waals surface area contributed by atoms with E-state index in [9.17, 15) is 10.1 Å². The minimum Gasteiger partial charge on any atom is -0.319 e. The van der Waals surface area contributed by atoms with Crippen LogP contribution in [0.1, 0.15) is 28.4 Å². The Labute approximate surface area is 88.9 Å². The van der Waals surface area contributed by atoms with E-state index in [0.29, 0.717) is 5.56 Å². The maximum absolute atomic E-state index is 12.0. The normalized spacial score (nSPS) is 23.9. The van der Waals surface area contributed by atoms with Crippen molar-refractivity contribution in [3.05, 3.63) is 34.9 Å². The standard InChI is InChI=1S/C12H12N2O/c1-8-5-4-6-9-10(8)11(15)14(3)12(9,2)7-13/h4-6H,1-3H3. The number of benzene rings is 1. The molecule has 0 aliphatic carbocycles. The number of hydrogen-bond acceptors (Lipinski definition) is 2. The Kier molecular flexibility index (Phi) is 1.84. The Morgan fingerprint density at radius 3 is 2.73 bits per heavy atom. The molecule has 15 heavy (non-hydrogen) atoms. The molecule has 1 aliphatic rings. The summed E-state index contributed by atoms with van der Waals surface area (Å²) in [4.78, 5) is 13.5. The highest BCUT2D eigenvalue weighted by molar-refractivity contribution is 6.01. The van der Waals surface area contributed by atoms with Gasteiger partial charge in [-0.1, -0.05) is 18.2 Å². The van der Waals surface area contributed by atoms with Crippen molar-refractivity contribution in [3.8, 4) is 6.07 Å². The van der Waals surface area contributed by atoms with E-state index in [1.54, 1.807) is 14.0 Å². The second kappa shape index (κ2) is 2.83. The van der Waals surface area contributed by atoms with E-state index in [-0.39, 0.29) is 5.91 Å². The number of fused-ring (bicyclic) bond motifs is 1. The largest absolute Gasteiger partial charge is 0.319 e. The molecule has 0 bridgehead atoms. The van der Waals surface area contributed by atoms with Gasteiger partial charge < -0.3 is 4.90 Å². The summed E-state index contributed by atoms with van der Waals surface area (Å²) in [6.07, 6.45) is 0. The Bertz CT molecular complexity index is 487. The van der Waals surface area contributed by atoms with Gasteiger partial charge in [-0.15, -0.1) is 0 Å². The van der Waals surface area contributed by atoms with Gasteiger partial charge in [-0.2, -0.15) is 5.26 Å². The minimum absolute atomic E-state index is 0.0628. The zero-order chi connectivity index (χ0) is 11.2. The number of nitriles is 1. The number of rotatable bonds is 0. The lowest BCUT2D eigenvalue weighted by Crippen LogP contribution is -2.36. The van der Waals surface area contributed by atoms with Crippen molar-refractivity contribution >= 4 is 5.91 Å². The summed E-state index contributed by atoms with van der Waals surface area (Å²) in [5.74, 6) is -0.0628. The number of carbonyl (C=O) groups is 1. The Hall–Kier alpha value is -1.82. The molecule has 1 aromatic carbocycles. The lowest BCUT2D eigenvalue weighted by atomic mass is 9.91. The number of nitrogens with zero attached hydrogens (tertiary/aromatic N) is 2. The van der Waals surface area contributed by atoms with Crippen LogP contribution in [0.5, 0.6) is 0 Å². The van der Waals surface area contributed by atoms with E-state index in [0.717, 1.165) is 11.1 Å². The van der Waals surface area contributed by atoms with Crippen LogP contribution in [-0.4, -0.2) is 17.9 Å². The summed E-state index contributed by atoms with van der Waals surface area (Å²) in [6, 6.07) is 7.84. The summed E-state index contributed by atoms with van der Waals surface area (Å²) in [5, 5.41) is 9.21. The highest BCUT2D eigenvalue weighted by Gasteiger charge is 2.45. The monoisotopic (exact) mass is 200 g/mol. The summed E-state index contributed by atoms with van der Waals surface area (Å²) in [7, 11) is 1.67. The summed E-state index contributed by atoms with van der Waals surface area (Å²) >= 11 is 0. The number of hydrogen-bond donors (Lipinski definition) is 0. The maximum Gasteiger partial charge on any atom is 0.255 e. The van der Waals surface area contributed by atoms with Crippen LogP contribution >= 0.6 is 0 Å². The third-order valence-corrected chi connectivity index (χ3v) is 3.20. The van der Waals surface area contributed by atoms with Crippen LogP contribution in [0.4, 0.5) is 0 Å². The average molecular weight is 200 g/mol. The molecule has 0 fully saturated rings. The average Bonchev–Trinajstić information content (AvgIpc) is 2.43. The Morgan fingerprint density at radius 1 is 1.47 bits per heavy atom. The quantitative estimate of drug-likeness (QED) is 0.641. The van der Waals surface area contributed by atoms with Crippen LogP contribution in [0, 0.1) is 18.3 Å². The molecule has 0 N–H and O–H groups in total. The van der Waals surface area contributed by atoms with E-state index in [2.05, 4.69) is 6.07 Å². The van der Waals surface area contributed by atoms with Crippen LogP contribution in [0.2, 0.25) is 0 Å². The van der Waals surface area contributed by atoms with Crippen LogP contribution in [0.25, 0.3) is 0 Å². The third-order valence-electron chi connectivity index (χ3n) is 3.20. The number of amides is 1. The third kappa shape index (κ3) is 1.02. The van der Waals surface area contributed by atoms with Crippen molar-refractivity contribution in [1.82, 2.24) is 4.90 Å². The van der Waals surface area contributed by atoms with Crippen molar-refractivity contribution < 1.29 is 4.79 Å². The molecule has 0 spiro atoms. The maximum atomic E-state index is 12.0. The van der Waals surface area contributed by atoms with E-state index < -0.39 is 5.54 Å². The van der Waals surface area contributed by atoms with Gasteiger partial charge in [-0.05, 0) is 19.4 Å². The molecule has 1 atom stereocenters. The van der Waals surface area contributed by atoms with Crippen molar-refractivity contribution in [1.29, 1.82) is 5.26 Å². The molecular formula is C12H12N2O. The van der Waals surface area contributed by atoms with E-state index in [1.807, 2.05) is 25.1 Å². The molecule has 3 heteroatoms. The fourth-order valence-corrected chi connectivity index (χ4v) is 2.04. The molecule has 0 radical (unpaired) electrons. The van der Waals surface area contributed by atoms with Crippen molar-refractivity contribution in [3.63, 3.8) is 0 Å². The van der Waals surface area contributed by atoms with Crippen molar-refractivity contribution in [2.45, 2.75) is 19.4 Å². The van der Waals surface area contributed by atoms with Gasteiger partial charge in [-0.25, -0.2) is 0 Å². The molecule has 2 rings (SSSR count). The molecule has 0 aromatic heterocycles. The fourth-order valence-electron chi connectivity index (χ4n) is 2.04. The minimum atomic E-state index is -0.821. The first kappa shape index (κ1) is 9.72. The zero-order valence-electron chi connectivity index (χ0n) is 9.03. The van der Waals surface area contributed by atoms with Crippen LogP contribution in [0.3, 0.4) is 0 Å². The van der Waals surface area contributed by atoms with Gasteiger partial charge >= 0.3 is 0 Å². The summed E-state index contributed by atoms with van der Waals surface area (Å²) < 4.78 is 0. The topological polar surface area (TPSA) is 44.1 Å². The molecule has 1 unspecified atom stereocenters. The first-order chi connectivity index (χ1) is 7.02. The van der Waals surface area contributed by atoms with Crippen LogP contribution in [0.15, 0.2) is 18.2 Å². The molecule has 1 aliphatic heterocycles. The molecule has 1 aromatic rings. The smallest absolute Gasteiger partial charge is 0.255 e.